The van der Waals surface area contributed by atoms with Crippen LogP contribution < -0.4 is 0 Å². The van der Waals surface area contributed by atoms with Gasteiger partial charge in [0.1, 0.15) is 5.60 Å². The molecule has 3 saturated heterocycles. The second kappa shape index (κ2) is 13.9. The van der Waals surface area contributed by atoms with Crippen molar-refractivity contribution in [2.75, 3.05) is 39.6 Å². The van der Waals surface area contributed by atoms with E-state index < -0.39 is 17.7 Å². The summed E-state index contributed by atoms with van der Waals surface area (Å²) in [5, 5.41) is 37.9. The predicted molar refractivity (Wildman–Crippen MR) is 108 cm³/mol. The van der Waals surface area contributed by atoms with Crippen LogP contribution in [0.15, 0.2) is 0 Å². The topological polar surface area (TPSA) is 127 Å². The van der Waals surface area contributed by atoms with Crippen molar-refractivity contribution < 1.29 is 53.5 Å². The zero-order valence-corrected chi connectivity index (χ0v) is 17.1. The number of aliphatic hydroxyl groups excluding tert-OH is 4. The third-order valence-corrected chi connectivity index (χ3v) is 5.83. The summed E-state index contributed by atoms with van der Waals surface area (Å²) in [6, 6.07) is 0. The number of ether oxygens (including phenoxy) is 5. The quantitative estimate of drug-likeness (QED) is 0.369. The molecule has 6 atom stereocenters. The lowest BCUT2D eigenvalue weighted by Gasteiger charge is -2.36. The van der Waals surface area contributed by atoms with Crippen molar-refractivity contribution in [1.29, 1.82) is 0 Å². The number of hydrogen-bond donors (Lipinski definition) is 4. The summed E-state index contributed by atoms with van der Waals surface area (Å²) >= 11 is 0. The fraction of sp³-hybridized carbons (Fsp3) is 1.00. The van der Waals surface area contributed by atoms with Gasteiger partial charge in [0, 0.05) is 6.42 Å². The van der Waals surface area contributed by atoms with E-state index in [0.717, 1.165) is 12.8 Å². The Labute approximate surface area is 182 Å². The van der Waals surface area contributed by atoms with Crippen LogP contribution in [0.2, 0.25) is 0 Å². The van der Waals surface area contributed by atoms with Crippen molar-refractivity contribution in [3.8, 4) is 0 Å². The summed E-state index contributed by atoms with van der Waals surface area (Å²) < 4.78 is 29.1. The molecule has 3 rings (SSSR count). The molecule has 0 saturated carbocycles. The van der Waals surface area contributed by atoms with E-state index in [9.17, 15) is 20.4 Å². The molecular weight excluding hydrogens is 422 g/mol. The molecule has 188 valence electrons. The summed E-state index contributed by atoms with van der Waals surface area (Å²) in [7, 11) is 0. The SMILES string of the molecule is C.F.F.OCC1CCC(CO)(COCC2CCCC(OC3(CO)CCC(CO)O3)O2)O1. The minimum Gasteiger partial charge on any atom is -0.394 e. The zero-order chi connectivity index (χ0) is 20.0. The van der Waals surface area contributed by atoms with Crippen LogP contribution in [0, 0.1) is 0 Å². The molecule has 3 aliphatic rings. The van der Waals surface area contributed by atoms with Crippen LogP contribution in [-0.4, -0.2) is 96.1 Å². The molecule has 0 radical (unpaired) electrons. The van der Waals surface area contributed by atoms with Crippen molar-refractivity contribution in [3.63, 3.8) is 0 Å². The van der Waals surface area contributed by atoms with Crippen molar-refractivity contribution in [3.05, 3.63) is 0 Å². The molecule has 0 aromatic carbocycles. The lowest BCUT2D eigenvalue weighted by atomic mass is 10.0. The molecule has 3 fully saturated rings. The van der Waals surface area contributed by atoms with Gasteiger partial charge in [-0.2, -0.15) is 0 Å². The van der Waals surface area contributed by atoms with Crippen LogP contribution in [0.1, 0.15) is 52.4 Å². The summed E-state index contributed by atoms with van der Waals surface area (Å²) in [4.78, 5) is 0. The number of halogens is 2. The maximum absolute atomic E-state index is 9.72. The Bertz CT molecular complexity index is 490. The minimum absolute atomic E-state index is 0. The predicted octanol–water partition coefficient (Wildman–Crippen LogP) is 0.618. The first-order valence-electron chi connectivity index (χ1n) is 10.3. The second-order valence-corrected chi connectivity index (χ2v) is 8.08. The molecule has 0 aliphatic carbocycles. The van der Waals surface area contributed by atoms with Crippen LogP contribution in [-0.2, 0) is 23.7 Å². The second-order valence-electron chi connectivity index (χ2n) is 8.08. The number of rotatable bonds is 10. The Kier molecular flexibility index (Phi) is 13.7. The third kappa shape index (κ3) is 7.79. The first kappa shape index (κ1) is 30.5. The molecule has 9 nitrogen and oxygen atoms in total. The van der Waals surface area contributed by atoms with Gasteiger partial charge in [-0.15, -0.1) is 0 Å². The van der Waals surface area contributed by atoms with Gasteiger partial charge in [-0.1, -0.05) is 7.43 Å². The number of hydrogen-bond acceptors (Lipinski definition) is 9. The van der Waals surface area contributed by atoms with Gasteiger partial charge >= 0.3 is 0 Å². The van der Waals surface area contributed by atoms with E-state index in [0.29, 0.717) is 38.7 Å². The minimum atomic E-state index is -1.11. The van der Waals surface area contributed by atoms with E-state index in [2.05, 4.69) is 0 Å². The van der Waals surface area contributed by atoms with Crippen LogP contribution in [0.5, 0.6) is 0 Å². The van der Waals surface area contributed by atoms with E-state index in [1.807, 2.05) is 0 Å². The molecule has 3 aliphatic heterocycles. The lowest BCUT2D eigenvalue weighted by Crippen LogP contribution is -2.45. The average Bonchev–Trinajstić information content (AvgIpc) is 3.33. The Balaban J connectivity index is 0.00000300. The zero-order valence-electron chi connectivity index (χ0n) is 17.1. The van der Waals surface area contributed by atoms with Gasteiger partial charge in [0.15, 0.2) is 12.1 Å². The maximum atomic E-state index is 9.72. The van der Waals surface area contributed by atoms with Gasteiger partial charge in [-0.05, 0) is 38.5 Å². The van der Waals surface area contributed by atoms with Gasteiger partial charge in [0.25, 0.3) is 0 Å². The van der Waals surface area contributed by atoms with E-state index in [4.69, 9.17) is 23.7 Å². The highest BCUT2D eigenvalue weighted by Crippen LogP contribution is 2.35. The third-order valence-electron chi connectivity index (χ3n) is 5.83. The molecule has 0 aromatic heterocycles. The normalized spacial score (nSPS) is 37.5. The van der Waals surface area contributed by atoms with E-state index in [1.165, 1.54) is 0 Å². The molecule has 0 amide bonds. The van der Waals surface area contributed by atoms with Gasteiger partial charge < -0.3 is 44.1 Å². The van der Waals surface area contributed by atoms with Crippen LogP contribution in [0.3, 0.4) is 0 Å². The molecule has 4 N–H and O–H groups in total. The summed E-state index contributed by atoms with van der Waals surface area (Å²) in [6.45, 7) is 0.00154. The Morgan fingerprint density at radius 3 is 2.06 bits per heavy atom. The summed E-state index contributed by atoms with van der Waals surface area (Å²) in [5.74, 6) is -1.11. The lowest BCUT2D eigenvalue weighted by molar-refractivity contribution is -0.331. The van der Waals surface area contributed by atoms with Crippen molar-refractivity contribution in [1.82, 2.24) is 0 Å². The largest absolute Gasteiger partial charge is 0.394 e. The van der Waals surface area contributed by atoms with Crippen LogP contribution in [0.4, 0.5) is 9.41 Å². The van der Waals surface area contributed by atoms with Crippen molar-refractivity contribution in [2.24, 2.45) is 0 Å². The van der Waals surface area contributed by atoms with Gasteiger partial charge in [0.2, 0.25) is 0 Å². The first-order chi connectivity index (χ1) is 13.6. The van der Waals surface area contributed by atoms with E-state index >= 15 is 0 Å². The standard InChI is InChI=1S/C19H34O9.CH4.2FH/c20-8-14-4-6-18(11-22,26-14)13-24-10-16-2-1-3-17(25-16)28-19(12-23)7-5-15(9-21)27-19;;;/h14-17,20-23H,1-13H2;1H4;2*1H. The monoisotopic (exact) mass is 462 g/mol. The van der Waals surface area contributed by atoms with Crippen molar-refractivity contribution in [2.45, 2.75) is 88.4 Å². The highest BCUT2D eigenvalue weighted by atomic mass is 19.0. The molecule has 0 aromatic rings. The molecule has 11 heteroatoms. The fourth-order valence-corrected chi connectivity index (χ4v) is 4.15. The Morgan fingerprint density at radius 1 is 0.806 bits per heavy atom. The molecule has 0 bridgehead atoms. The van der Waals surface area contributed by atoms with Crippen LogP contribution >= 0.6 is 0 Å². The molecule has 31 heavy (non-hydrogen) atoms. The maximum Gasteiger partial charge on any atom is 0.194 e. The highest BCUT2D eigenvalue weighted by molar-refractivity contribution is 4.88. The molecule has 3 heterocycles. The summed E-state index contributed by atoms with van der Waals surface area (Å²) in [6.07, 6.45) is 3.70. The molecular formula is C20H40F2O9. The smallest absolute Gasteiger partial charge is 0.194 e. The van der Waals surface area contributed by atoms with Gasteiger partial charge in [0.05, 0.1) is 58.0 Å². The van der Waals surface area contributed by atoms with Crippen molar-refractivity contribution >= 4 is 0 Å². The van der Waals surface area contributed by atoms with Crippen LogP contribution in [0.25, 0.3) is 0 Å². The first-order valence-corrected chi connectivity index (χ1v) is 10.3. The van der Waals surface area contributed by atoms with Gasteiger partial charge in [-0.3, -0.25) is 9.41 Å². The summed E-state index contributed by atoms with van der Waals surface area (Å²) in [5.41, 5.74) is -0.754. The van der Waals surface area contributed by atoms with E-state index in [1.54, 1.807) is 0 Å². The Hall–Kier alpha value is -0.500. The van der Waals surface area contributed by atoms with Gasteiger partial charge in [-0.25, -0.2) is 0 Å². The molecule has 6 unspecified atom stereocenters. The average molecular weight is 463 g/mol. The molecule has 0 spiro atoms. The number of aliphatic hydroxyl groups is 4. The highest BCUT2D eigenvalue weighted by Gasteiger charge is 2.44. The Morgan fingerprint density at radius 2 is 1.48 bits per heavy atom. The fourth-order valence-electron chi connectivity index (χ4n) is 4.15. The van der Waals surface area contributed by atoms with E-state index in [-0.39, 0.29) is 68.2 Å².